The maximum absolute atomic E-state index is 12.3. The number of aromatic nitrogens is 1. The Morgan fingerprint density at radius 2 is 2.00 bits per heavy atom. The van der Waals surface area contributed by atoms with Gasteiger partial charge >= 0.3 is 0 Å². The summed E-state index contributed by atoms with van der Waals surface area (Å²) in [7, 11) is 0. The Balaban J connectivity index is 0.00000161. The molecule has 4 nitrogen and oxygen atoms in total. The Morgan fingerprint density at radius 3 is 2.67 bits per heavy atom. The smallest absolute Gasteiger partial charge is 0.253 e. The van der Waals surface area contributed by atoms with Gasteiger partial charge in [0.1, 0.15) is 0 Å². The summed E-state index contributed by atoms with van der Waals surface area (Å²) in [6.45, 7) is 0.545. The number of amides is 1. The Bertz CT molecular complexity index is 593. The summed E-state index contributed by atoms with van der Waals surface area (Å²) in [5.41, 5.74) is 8.63. The highest BCUT2D eigenvalue weighted by Gasteiger charge is 2.28. The number of nitrogens with two attached hydrogens (primary N) is 1. The lowest BCUT2D eigenvalue weighted by Crippen LogP contribution is -2.38. The number of carbonyl (C=O) groups is 1. The van der Waals surface area contributed by atoms with Gasteiger partial charge in [-0.05, 0) is 24.3 Å². The van der Waals surface area contributed by atoms with Crippen LogP contribution in [-0.2, 0) is 0 Å². The molecule has 1 saturated carbocycles. The van der Waals surface area contributed by atoms with Crippen molar-refractivity contribution in [3.05, 3.63) is 48.3 Å². The standard InChI is InChI=1S/C16H19N3O.ClH/c17-15(12-6-7-12)10-19-16(20)14-9-18-8-13(14)11-4-2-1-3-5-11;/h1-5,8-9,12,15,18H,6-7,10,17H2,(H,19,20);1H. The molecule has 0 aliphatic heterocycles. The second-order valence-corrected chi connectivity index (χ2v) is 5.36. The van der Waals surface area contributed by atoms with Crippen LogP contribution in [0.15, 0.2) is 42.7 Å². The van der Waals surface area contributed by atoms with Crippen molar-refractivity contribution in [3.63, 3.8) is 0 Å². The predicted molar refractivity (Wildman–Crippen MR) is 86.5 cm³/mol. The van der Waals surface area contributed by atoms with Gasteiger partial charge in [0, 0.05) is 30.5 Å². The maximum Gasteiger partial charge on any atom is 0.253 e. The van der Waals surface area contributed by atoms with Gasteiger partial charge < -0.3 is 16.0 Å². The molecule has 1 aromatic carbocycles. The Morgan fingerprint density at radius 1 is 1.29 bits per heavy atom. The van der Waals surface area contributed by atoms with Crippen LogP contribution in [0.3, 0.4) is 0 Å². The van der Waals surface area contributed by atoms with Crippen molar-refractivity contribution in [1.82, 2.24) is 10.3 Å². The van der Waals surface area contributed by atoms with Gasteiger partial charge in [-0.25, -0.2) is 0 Å². The van der Waals surface area contributed by atoms with Gasteiger partial charge in [0.15, 0.2) is 0 Å². The van der Waals surface area contributed by atoms with E-state index in [0.29, 0.717) is 18.0 Å². The van der Waals surface area contributed by atoms with E-state index < -0.39 is 0 Å². The van der Waals surface area contributed by atoms with Crippen LogP contribution in [-0.4, -0.2) is 23.5 Å². The first-order valence-corrected chi connectivity index (χ1v) is 7.01. The minimum absolute atomic E-state index is 0. The molecule has 0 spiro atoms. The molecule has 1 unspecified atom stereocenters. The van der Waals surface area contributed by atoms with Gasteiger partial charge in [-0.15, -0.1) is 12.4 Å². The highest BCUT2D eigenvalue weighted by molar-refractivity contribution is 6.00. The van der Waals surface area contributed by atoms with Crippen molar-refractivity contribution in [1.29, 1.82) is 0 Å². The Labute approximate surface area is 130 Å². The lowest BCUT2D eigenvalue weighted by molar-refractivity contribution is 0.0951. The number of hydrogen-bond acceptors (Lipinski definition) is 2. The molecule has 1 fully saturated rings. The average Bonchev–Trinajstić information content (AvgIpc) is 3.22. The monoisotopic (exact) mass is 305 g/mol. The van der Waals surface area contributed by atoms with Crippen LogP contribution in [0.4, 0.5) is 0 Å². The minimum Gasteiger partial charge on any atom is -0.366 e. The van der Waals surface area contributed by atoms with Gasteiger partial charge in [0.25, 0.3) is 5.91 Å². The fourth-order valence-electron chi connectivity index (χ4n) is 2.41. The number of H-pyrrole nitrogens is 1. The van der Waals surface area contributed by atoms with Crippen LogP contribution in [0.2, 0.25) is 0 Å². The number of aromatic amines is 1. The first-order valence-electron chi connectivity index (χ1n) is 7.01. The summed E-state index contributed by atoms with van der Waals surface area (Å²) in [5, 5.41) is 2.93. The molecule has 1 atom stereocenters. The van der Waals surface area contributed by atoms with Crippen LogP contribution in [0.5, 0.6) is 0 Å². The highest BCUT2D eigenvalue weighted by atomic mass is 35.5. The van der Waals surface area contributed by atoms with E-state index >= 15 is 0 Å². The van der Waals surface area contributed by atoms with Crippen molar-refractivity contribution >= 4 is 18.3 Å². The molecule has 2 aromatic rings. The molecule has 1 heterocycles. The van der Waals surface area contributed by atoms with Gasteiger partial charge in [-0.1, -0.05) is 30.3 Å². The quantitative estimate of drug-likeness (QED) is 0.794. The molecule has 0 saturated heterocycles. The van der Waals surface area contributed by atoms with Crippen molar-refractivity contribution < 1.29 is 4.79 Å². The van der Waals surface area contributed by atoms with E-state index in [-0.39, 0.29) is 24.4 Å². The van der Waals surface area contributed by atoms with Crippen LogP contribution >= 0.6 is 12.4 Å². The third-order valence-electron chi connectivity index (χ3n) is 3.80. The molecular weight excluding hydrogens is 286 g/mol. The van der Waals surface area contributed by atoms with Crippen LogP contribution in [0, 0.1) is 5.92 Å². The summed E-state index contributed by atoms with van der Waals surface area (Å²) < 4.78 is 0. The zero-order valence-electron chi connectivity index (χ0n) is 11.7. The summed E-state index contributed by atoms with van der Waals surface area (Å²) in [6.07, 6.45) is 5.97. The van der Waals surface area contributed by atoms with Crippen molar-refractivity contribution in [2.75, 3.05) is 6.54 Å². The van der Waals surface area contributed by atoms with E-state index in [1.54, 1.807) is 6.20 Å². The van der Waals surface area contributed by atoms with Crippen molar-refractivity contribution in [2.24, 2.45) is 11.7 Å². The van der Waals surface area contributed by atoms with Crippen molar-refractivity contribution in [3.8, 4) is 11.1 Å². The summed E-state index contributed by atoms with van der Waals surface area (Å²) >= 11 is 0. The average molecular weight is 306 g/mol. The molecule has 4 N–H and O–H groups in total. The normalized spacial score (nSPS) is 15.1. The predicted octanol–water partition coefficient (Wildman–Crippen LogP) is 2.57. The van der Waals surface area contributed by atoms with E-state index in [1.165, 1.54) is 12.8 Å². The van der Waals surface area contributed by atoms with E-state index in [9.17, 15) is 4.79 Å². The molecule has 1 aromatic heterocycles. The number of nitrogens with one attached hydrogen (secondary N) is 2. The van der Waals surface area contributed by atoms with Gasteiger partial charge in [0.2, 0.25) is 0 Å². The molecule has 0 radical (unpaired) electrons. The molecule has 5 heteroatoms. The lowest BCUT2D eigenvalue weighted by Gasteiger charge is -2.11. The van der Waals surface area contributed by atoms with E-state index in [1.807, 2.05) is 36.5 Å². The molecule has 3 rings (SSSR count). The number of carbonyl (C=O) groups excluding carboxylic acids is 1. The molecule has 1 aliphatic carbocycles. The van der Waals surface area contributed by atoms with E-state index in [0.717, 1.165) is 11.1 Å². The Hall–Kier alpha value is -1.78. The number of hydrogen-bond donors (Lipinski definition) is 3. The first-order chi connectivity index (χ1) is 9.75. The molecular formula is C16H20ClN3O. The number of rotatable bonds is 5. The molecule has 112 valence electrons. The fraction of sp³-hybridized carbons (Fsp3) is 0.312. The molecule has 0 bridgehead atoms. The number of halogens is 1. The third kappa shape index (κ3) is 3.65. The maximum atomic E-state index is 12.3. The number of benzene rings is 1. The summed E-state index contributed by atoms with van der Waals surface area (Å²) in [5.74, 6) is 0.524. The summed E-state index contributed by atoms with van der Waals surface area (Å²) in [4.78, 5) is 15.3. The van der Waals surface area contributed by atoms with Crippen LogP contribution in [0.1, 0.15) is 23.2 Å². The van der Waals surface area contributed by atoms with Gasteiger partial charge in [-0.3, -0.25) is 4.79 Å². The zero-order valence-corrected chi connectivity index (χ0v) is 12.5. The summed E-state index contributed by atoms with van der Waals surface area (Å²) in [6, 6.07) is 9.97. The van der Waals surface area contributed by atoms with Gasteiger partial charge in [-0.2, -0.15) is 0 Å². The zero-order chi connectivity index (χ0) is 13.9. The second-order valence-electron chi connectivity index (χ2n) is 5.36. The molecule has 1 amide bonds. The van der Waals surface area contributed by atoms with Crippen LogP contribution < -0.4 is 11.1 Å². The minimum atomic E-state index is -0.0683. The van der Waals surface area contributed by atoms with Crippen LogP contribution in [0.25, 0.3) is 11.1 Å². The third-order valence-corrected chi connectivity index (χ3v) is 3.80. The largest absolute Gasteiger partial charge is 0.366 e. The van der Waals surface area contributed by atoms with Crippen molar-refractivity contribution in [2.45, 2.75) is 18.9 Å². The Kier molecular flexibility index (Phi) is 5.04. The topological polar surface area (TPSA) is 70.9 Å². The second kappa shape index (κ2) is 6.78. The SMILES string of the molecule is Cl.NC(CNC(=O)c1c[nH]cc1-c1ccccc1)C1CC1. The molecule has 1 aliphatic rings. The van der Waals surface area contributed by atoms with E-state index in [2.05, 4.69) is 10.3 Å². The first kappa shape index (κ1) is 15.6. The van der Waals surface area contributed by atoms with Gasteiger partial charge in [0.05, 0.1) is 5.56 Å². The van der Waals surface area contributed by atoms with E-state index in [4.69, 9.17) is 5.73 Å². The lowest BCUT2D eigenvalue weighted by atomic mass is 10.0. The fourth-order valence-corrected chi connectivity index (χ4v) is 2.41. The molecule has 21 heavy (non-hydrogen) atoms. The highest BCUT2D eigenvalue weighted by Crippen LogP contribution is 2.31.